The van der Waals surface area contributed by atoms with E-state index in [-0.39, 0.29) is 6.79 Å². The lowest BCUT2D eigenvalue weighted by Crippen LogP contribution is -1.99. The minimum atomic E-state index is 0.258. The fourth-order valence-electron chi connectivity index (χ4n) is 3.09. The van der Waals surface area contributed by atoms with Crippen LogP contribution in [-0.2, 0) is 0 Å². The van der Waals surface area contributed by atoms with Crippen molar-refractivity contribution in [3.63, 3.8) is 0 Å². The van der Waals surface area contributed by atoms with Crippen LogP contribution in [0.4, 0.5) is 0 Å². The molecule has 4 aromatic rings. The number of nitrogens with zero attached hydrogens (tertiary/aromatic N) is 4. The fraction of sp³-hybridized carbons (Fsp3) is 0.150. The predicted molar refractivity (Wildman–Crippen MR) is 105 cm³/mol. The Morgan fingerprint density at radius 1 is 1.11 bits per heavy atom. The van der Waals surface area contributed by atoms with E-state index < -0.39 is 0 Å². The third-order valence-corrected chi connectivity index (χ3v) is 5.42. The molecule has 2 aromatic carbocycles. The summed E-state index contributed by atoms with van der Waals surface area (Å²) in [6.07, 6.45) is 0. The minimum Gasteiger partial charge on any atom is -0.497 e. The van der Waals surface area contributed by atoms with E-state index in [2.05, 4.69) is 10.3 Å². The average molecular weight is 392 g/mol. The molecule has 0 radical (unpaired) electrons. The number of methoxy groups -OCH3 is 1. The molecule has 0 atom stereocenters. The lowest BCUT2D eigenvalue weighted by molar-refractivity contribution is 0.174. The summed E-state index contributed by atoms with van der Waals surface area (Å²) in [4.78, 5) is 4.76. The highest BCUT2D eigenvalue weighted by Crippen LogP contribution is 2.37. The molecular weight excluding hydrogens is 376 g/mol. The maximum atomic E-state index is 5.46. The van der Waals surface area contributed by atoms with Crippen LogP contribution in [0.15, 0.2) is 47.8 Å². The Balaban J connectivity index is 1.49. The first kappa shape index (κ1) is 16.8. The molecule has 0 saturated heterocycles. The molecule has 3 heterocycles. The number of hydrogen-bond donors (Lipinski definition) is 0. The zero-order valence-electron chi connectivity index (χ0n) is 15.2. The molecule has 5 rings (SSSR count). The largest absolute Gasteiger partial charge is 0.497 e. The van der Waals surface area contributed by atoms with Gasteiger partial charge in [0.1, 0.15) is 16.5 Å². The van der Waals surface area contributed by atoms with Gasteiger partial charge in [-0.2, -0.15) is 0 Å². The molecule has 0 aliphatic carbocycles. The maximum absolute atomic E-state index is 5.46. The molecule has 0 fully saturated rings. The lowest BCUT2D eigenvalue weighted by atomic mass is 10.1. The van der Waals surface area contributed by atoms with E-state index in [1.165, 1.54) is 11.3 Å². The number of ether oxygens (including phenoxy) is 3. The van der Waals surface area contributed by atoms with Crippen LogP contribution in [-0.4, -0.2) is 33.9 Å². The molecule has 28 heavy (non-hydrogen) atoms. The van der Waals surface area contributed by atoms with Crippen molar-refractivity contribution < 1.29 is 14.2 Å². The van der Waals surface area contributed by atoms with E-state index in [0.29, 0.717) is 0 Å². The van der Waals surface area contributed by atoms with Crippen molar-refractivity contribution >= 4 is 11.3 Å². The van der Waals surface area contributed by atoms with Gasteiger partial charge in [-0.15, -0.1) is 16.4 Å². The van der Waals surface area contributed by atoms with E-state index in [1.807, 2.05) is 54.8 Å². The molecule has 7 nitrogen and oxygen atoms in total. The number of hydrogen-bond acceptors (Lipinski definition) is 7. The van der Waals surface area contributed by atoms with Crippen LogP contribution in [0, 0.1) is 6.92 Å². The molecule has 8 heteroatoms. The molecule has 0 amide bonds. The van der Waals surface area contributed by atoms with Gasteiger partial charge < -0.3 is 14.2 Å². The Morgan fingerprint density at radius 3 is 2.89 bits per heavy atom. The van der Waals surface area contributed by atoms with Crippen molar-refractivity contribution in [1.29, 1.82) is 0 Å². The Hall–Kier alpha value is -3.39. The molecular formula is C20H16N4O3S. The second kappa shape index (κ2) is 6.65. The predicted octanol–water partition coefficient (Wildman–Crippen LogP) is 4.10. The van der Waals surface area contributed by atoms with E-state index in [1.54, 1.807) is 11.8 Å². The Kier molecular flexibility index (Phi) is 3.98. The van der Waals surface area contributed by atoms with E-state index >= 15 is 0 Å². The summed E-state index contributed by atoms with van der Waals surface area (Å²) in [6.45, 7) is 2.24. The second-order valence-electron chi connectivity index (χ2n) is 6.24. The summed E-state index contributed by atoms with van der Waals surface area (Å²) in [7, 11) is 1.64. The third kappa shape index (κ3) is 2.78. The normalized spacial score (nSPS) is 12.4. The van der Waals surface area contributed by atoms with Crippen molar-refractivity contribution in [3.8, 4) is 44.9 Å². The van der Waals surface area contributed by atoms with Gasteiger partial charge in [0.15, 0.2) is 11.5 Å². The highest BCUT2D eigenvalue weighted by atomic mass is 32.1. The number of thiazole rings is 1. The van der Waals surface area contributed by atoms with Gasteiger partial charge in [0.05, 0.1) is 24.2 Å². The summed E-state index contributed by atoms with van der Waals surface area (Å²) in [5.41, 5.74) is 4.42. The minimum absolute atomic E-state index is 0.258. The number of aromatic nitrogens is 4. The van der Waals surface area contributed by atoms with Crippen LogP contribution in [0.1, 0.15) is 5.69 Å². The molecule has 0 bridgehead atoms. The Bertz CT molecular complexity index is 1170. The second-order valence-corrected chi connectivity index (χ2v) is 7.10. The molecule has 140 valence electrons. The van der Waals surface area contributed by atoms with Gasteiger partial charge in [0.25, 0.3) is 0 Å². The van der Waals surface area contributed by atoms with E-state index in [4.69, 9.17) is 19.2 Å². The van der Waals surface area contributed by atoms with Crippen molar-refractivity contribution in [2.75, 3.05) is 13.9 Å². The van der Waals surface area contributed by atoms with Crippen LogP contribution >= 0.6 is 11.3 Å². The van der Waals surface area contributed by atoms with Gasteiger partial charge in [0, 0.05) is 17.0 Å². The van der Waals surface area contributed by atoms with E-state index in [9.17, 15) is 0 Å². The van der Waals surface area contributed by atoms with Gasteiger partial charge in [-0.05, 0) is 37.3 Å². The van der Waals surface area contributed by atoms with Gasteiger partial charge in [0.2, 0.25) is 6.79 Å². The smallest absolute Gasteiger partial charge is 0.231 e. The third-order valence-electron chi connectivity index (χ3n) is 4.57. The Morgan fingerprint density at radius 2 is 2.00 bits per heavy atom. The first-order valence-electron chi connectivity index (χ1n) is 8.65. The monoisotopic (exact) mass is 392 g/mol. The number of benzene rings is 2. The molecule has 0 N–H and O–H groups in total. The molecule has 0 unspecified atom stereocenters. The maximum Gasteiger partial charge on any atom is 0.231 e. The highest BCUT2D eigenvalue weighted by molar-refractivity contribution is 7.13. The highest BCUT2D eigenvalue weighted by Gasteiger charge is 2.18. The average Bonchev–Trinajstić information content (AvgIpc) is 3.46. The first-order chi connectivity index (χ1) is 13.7. The topological polar surface area (TPSA) is 71.3 Å². The van der Waals surface area contributed by atoms with Gasteiger partial charge in [-0.1, -0.05) is 11.3 Å². The van der Waals surface area contributed by atoms with Gasteiger partial charge >= 0.3 is 0 Å². The summed E-state index contributed by atoms with van der Waals surface area (Å²) in [5, 5.41) is 11.5. The van der Waals surface area contributed by atoms with Crippen molar-refractivity contribution in [2.24, 2.45) is 0 Å². The van der Waals surface area contributed by atoms with Crippen molar-refractivity contribution in [3.05, 3.63) is 53.5 Å². The summed E-state index contributed by atoms with van der Waals surface area (Å²) in [5.74, 6) is 2.27. The molecule has 0 spiro atoms. The standard InChI is InChI=1S/C20H16N4O3S/c1-12-19(22-23-24(12)14-4-3-5-15(9-14)25-2)20-21-16(10-28-20)13-6-7-17-18(8-13)27-11-26-17/h3-10H,11H2,1-2H3. The van der Waals surface area contributed by atoms with Crippen LogP contribution in [0.3, 0.4) is 0 Å². The summed E-state index contributed by atoms with van der Waals surface area (Å²) < 4.78 is 17.9. The first-order valence-corrected chi connectivity index (χ1v) is 9.53. The van der Waals surface area contributed by atoms with Gasteiger partial charge in [-0.3, -0.25) is 0 Å². The molecule has 0 saturated carbocycles. The molecule has 2 aromatic heterocycles. The van der Waals surface area contributed by atoms with Crippen molar-refractivity contribution in [1.82, 2.24) is 20.0 Å². The quantitative estimate of drug-likeness (QED) is 0.521. The van der Waals surface area contributed by atoms with Crippen molar-refractivity contribution in [2.45, 2.75) is 6.92 Å². The van der Waals surface area contributed by atoms with Crippen LogP contribution in [0.5, 0.6) is 17.2 Å². The molecule has 1 aliphatic heterocycles. The zero-order chi connectivity index (χ0) is 19.1. The van der Waals surface area contributed by atoms with Crippen LogP contribution < -0.4 is 14.2 Å². The number of fused-ring (bicyclic) bond motifs is 1. The fourth-order valence-corrected chi connectivity index (χ4v) is 3.95. The zero-order valence-corrected chi connectivity index (χ0v) is 16.1. The van der Waals surface area contributed by atoms with Crippen LogP contribution in [0.25, 0.3) is 27.6 Å². The lowest BCUT2D eigenvalue weighted by Gasteiger charge is -2.05. The SMILES string of the molecule is COc1cccc(-n2nnc(-c3nc(-c4ccc5c(c4)OCO5)cs3)c2C)c1. The number of rotatable bonds is 4. The van der Waals surface area contributed by atoms with E-state index in [0.717, 1.165) is 50.6 Å². The van der Waals surface area contributed by atoms with Crippen LogP contribution in [0.2, 0.25) is 0 Å². The molecule has 1 aliphatic rings. The van der Waals surface area contributed by atoms with Gasteiger partial charge in [-0.25, -0.2) is 9.67 Å². The summed E-state index contributed by atoms with van der Waals surface area (Å²) in [6, 6.07) is 13.5. The Labute approximate surface area is 165 Å². The summed E-state index contributed by atoms with van der Waals surface area (Å²) >= 11 is 1.54.